The van der Waals surface area contributed by atoms with E-state index in [1.807, 2.05) is 24.3 Å². The SMILES string of the molecule is O=C1/C(=C/c2ccco2)N=C2SCN(c3ccc(Cl)cc3)CN12. The minimum atomic E-state index is -0.109. The Balaban J connectivity index is 1.56. The van der Waals surface area contributed by atoms with Gasteiger partial charge in [-0.3, -0.25) is 9.69 Å². The van der Waals surface area contributed by atoms with Crippen molar-refractivity contribution in [2.75, 3.05) is 17.4 Å². The number of hydrogen-bond donors (Lipinski definition) is 0. The lowest BCUT2D eigenvalue weighted by molar-refractivity contribution is -0.122. The Morgan fingerprint density at radius 1 is 1.26 bits per heavy atom. The van der Waals surface area contributed by atoms with E-state index in [-0.39, 0.29) is 5.91 Å². The Kier molecular flexibility index (Phi) is 3.63. The van der Waals surface area contributed by atoms with Crippen LogP contribution in [0.15, 0.2) is 57.8 Å². The quantitative estimate of drug-likeness (QED) is 0.780. The number of fused-ring (bicyclic) bond motifs is 1. The normalized spacial score (nSPS) is 19.3. The first-order valence-corrected chi connectivity index (χ1v) is 8.36. The number of thioether (sulfide) groups is 1. The van der Waals surface area contributed by atoms with Crippen LogP contribution in [0.1, 0.15) is 5.76 Å². The summed E-state index contributed by atoms with van der Waals surface area (Å²) in [4.78, 5) is 20.7. The fourth-order valence-corrected chi connectivity index (χ4v) is 3.52. The third kappa shape index (κ3) is 2.75. The van der Waals surface area contributed by atoms with Crippen LogP contribution in [0.3, 0.4) is 0 Å². The van der Waals surface area contributed by atoms with Crippen molar-refractivity contribution >= 4 is 46.2 Å². The molecule has 0 radical (unpaired) electrons. The second kappa shape index (κ2) is 5.79. The van der Waals surface area contributed by atoms with Crippen molar-refractivity contribution in [3.05, 3.63) is 59.1 Å². The number of nitrogens with zero attached hydrogens (tertiary/aromatic N) is 3. The highest BCUT2D eigenvalue weighted by molar-refractivity contribution is 8.14. The van der Waals surface area contributed by atoms with E-state index in [0.717, 1.165) is 16.7 Å². The monoisotopic (exact) mass is 345 g/mol. The molecule has 4 rings (SSSR count). The van der Waals surface area contributed by atoms with Crippen LogP contribution in [0.4, 0.5) is 5.69 Å². The standard InChI is InChI=1S/C16H12ClN3O2S/c17-11-3-5-12(6-4-11)19-9-20-15(21)14(18-16(20)23-10-19)8-13-2-1-7-22-13/h1-8H,9-10H2/b14-8-. The van der Waals surface area contributed by atoms with E-state index in [1.54, 1.807) is 29.4 Å². The zero-order valence-electron chi connectivity index (χ0n) is 12.0. The molecular weight excluding hydrogens is 334 g/mol. The fourth-order valence-electron chi connectivity index (χ4n) is 2.43. The molecule has 1 aromatic carbocycles. The van der Waals surface area contributed by atoms with Gasteiger partial charge in [0.1, 0.15) is 18.1 Å². The number of amides is 1. The molecule has 116 valence electrons. The summed E-state index contributed by atoms with van der Waals surface area (Å²) < 4.78 is 5.25. The van der Waals surface area contributed by atoms with Gasteiger partial charge in [0.25, 0.3) is 5.91 Å². The third-order valence-electron chi connectivity index (χ3n) is 3.59. The van der Waals surface area contributed by atoms with E-state index >= 15 is 0 Å². The van der Waals surface area contributed by atoms with E-state index in [2.05, 4.69) is 9.89 Å². The molecule has 1 saturated heterocycles. The number of rotatable bonds is 2. The molecule has 0 atom stereocenters. The Labute approximate surface area is 142 Å². The number of halogens is 1. The smallest absolute Gasteiger partial charge is 0.280 e. The lowest BCUT2D eigenvalue weighted by atomic mass is 10.3. The van der Waals surface area contributed by atoms with Gasteiger partial charge < -0.3 is 9.32 Å². The molecule has 5 nitrogen and oxygen atoms in total. The summed E-state index contributed by atoms with van der Waals surface area (Å²) in [6.07, 6.45) is 3.24. The molecule has 1 fully saturated rings. The van der Waals surface area contributed by atoms with Crippen molar-refractivity contribution < 1.29 is 9.21 Å². The van der Waals surface area contributed by atoms with Crippen LogP contribution >= 0.6 is 23.4 Å². The number of anilines is 1. The van der Waals surface area contributed by atoms with Crippen LogP contribution in [-0.4, -0.2) is 28.5 Å². The fraction of sp³-hybridized carbons (Fsp3) is 0.125. The van der Waals surface area contributed by atoms with Crippen molar-refractivity contribution in [2.45, 2.75) is 0 Å². The average Bonchev–Trinajstić information content (AvgIpc) is 3.17. The number of furan rings is 1. The number of amidine groups is 1. The minimum absolute atomic E-state index is 0.109. The first-order chi connectivity index (χ1) is 11.2. The van der Waals surface area contributed by atoms with Gasteiger partial charge in [0, 0.05) is 16.8 Å². The van der Waals surface area contributed by atoms with Gasteiger partial charge in [0.15, 0.2) is 5.17 Å². The molecule has 2 aromatic rings. The van der Waals surface area contributed by atoms with E-state index < -0.39 is 0 Å². The Bertz CT molecular complexity index is 799. The molecule has 0 saturated carbocycles. The topological polar surface area (TPSA) is 49.1 Å². The molecule has 0 spiro atoms. The molecule has 0 bridgehead atoms. The number of carbonyl (C=O) groups is 1. The van der Waals surface area contributed by atoms with Crippen LogP contribution in [-0.2, 0) is 4.79 Å². The number of benzene rings is 1. The summed E-state index contributed by atoms with van der Waals surface area (Å²) in [5.41, 5.74) is 1.43. The molecule has 1 amide bonds. The molecule has 2 aliphatic rings. The summed E-state index contributed by atoms with van der Waals surface area (Å²) in [5, 5.41) is 1.43. The molecule has 0 N–H and O–H groups in total. The maximum absolute atomic E-state index is 12.5. The van der Waals surface area contributed by atoms with Gasteiger partial charge in [0.2, 0.25) is 0 Å². The summed E-state index contributed by atoms with van der Waals surface area (Å²) in [7, 11) is 0. The summed E-state index contributed by atoms with van der Waals surface area (Å²) in [6, 6.07) is 11.2. The number of hydrogen-bond acceptors (Lipinski definition) is 5. The molecule has 23 heavy (non-hydrogen) atoms. The maximum Gasteiger partial charge on any atom is 0.280 e. The summed E-state index contributed by atoms with van der Waals surface area (Å²) in [6.45, 7) is 0.474. The van der Waals surface area contributed by atoms with Gasteiger partial charge in [0.05, 0.1) is 12.1 Å². The van der Waals surface area contributed by atoms with Crippen molar-refractivity contribution in [1.82, 2.24) is 4.90 Å². The van der Waals surface area contributed by atoms with E-state index in [0.29, 0.717) is 23.1 Å². The van der Waals surface area contributed by atoms with E-state index in [9.17, 15) is 4.79 Å². The van der Waals surface area contributed by atoms with E-state index in [1.165, 1.54) is 11.8 Å². The van der Waals surface area contributed by atoms with Crippen molar-refractivity contribution in [2.24, 2.45) is 4.99 Å². The first kappa shape index (κ1) is 14.4. The van der Waals surface area contributed by atoms with Crippen LogP contribution in [0, 0.1) is 0 Å². The highest BCUT2D eigenvalue weighted by atomic mass is 35.5. The predicted octanol–water partition coefficient (Wildman–Crippen LogP) is 3.64. The molecule has 1 aromatic heterocycles. The molecule has 0 aliphatic carbocycles. The summed E-state index contributed by atoms with van der Waals surface area (Å²) in [5.74, 6) is 1.25. The summed E-state index contributed by atoms with van der Waals surface area (Å²) >= 11 is 7.46. The number of aliphatic imine (C=N–C) groups is 1. The first-order valence-electron chi connectivity index (χ1n) is 7.00. The van der Waals surface area contributed by atoms with Crippen LogP contribution in [0.25, 0.3) is 6.08 Å². The molecule has 0 unspecified atom stereocenters. The van der Waals surface area contributed by atoms with Crippen LogP contribution < -0.4 is 4.90 Å². The molecular formula is C16H12ClN3O2S. The highest BCUT2D eigenvalue weighted by Crippen LogP contribution is 2.31. The molecule has 7 heteroatoms. The van der Waals surface area contributed by atoms with Gasteiger partial charge in [-0.25, -0.2) is 4.99 Å². The van der Waals surface area contributed by atoms with E-state index in [4.69, 9.17) is 16.0 Å². The van der Waals surface area contributed by atoms with Gasteiger partial charge >= 0.3 is 0 Å². The Morgan fingerprint density at radius 2 is 2.09 bits per heavy atom. The van der Waals surface area contributed by atoms with Crippen molar-refractivity contribution in [3.63, 3.8) is 0 Å². The van der Waals surface area contributed by atoms with Crippen molar-refractivity contribution in [1.29, 1.82) is 0 Å². The maximum atomic E-state index is 12.5. The lowest BCUT2D eigenvalue weighted by Gasteiger charge is -2.34. The van der Waals surface area contributed by atoms with Gasteiger partial charge in [-0.15, -0.1) is 0 Å². The zero-order chi connectivity index (χ0) is 15.8. The predicted molar refractivity (Wildman–Crippen MR) is 92.2 cm³/mol. The van der Waals surface area contributed by atoms with Crippen LogP contribution in [0.5, 0.6) is 0 Å². The number of carbonyl (C=O) groups excluding carboxylic acids is 1. The highest BCUT2D eigenvalue weighted by Gasteiger charge is 2.35. The minimum Gasteiger partial charge on any atom is -0.465 e. The van der Waals surface area contributed by atoms with Crippen LogP contribution in [0.2, 0.25) is 5.02 Å². The Hall–Kier alpha value is -2.18. The molecule has 2 aliphatic heterocycles. The van der Waals surface area contributed by atoms with Gasteiger partial charge in [-0.1, -0.05) is 23.4 Å². The largest absolute Gasteiger partial charge is 0.465 e. The van der Waals surface area contributed by atoms with Gasteiger partial charge in [-0.2, -0.15) is 0 Å². The molecule has 3 heterocycles. The second-order valence-electron chi connectivity index (χ2n) is 5.10. The van der Waals surface area contributed by atoms with Gasteiger partial charge in [-0.05, 0) is 36.4 Å². The second-order valence-corrected chi connectivity index (χ2v) is 6.45. The third-order valence-corrected chi connectivity index (χ3v) is 4.85. The van der Waals surface area contributed by atoms with Crippen molar-refractivity contribution in [3.8, 4) is 0 Å². The zero-order valence-corrected chi connectivity index (χ0v) is 13.5. The average molecular weight is 346 g/mol. The lowest BCUT2D eigenvalue weighted by Crippen LogP contribution is -2.46. The Morgan fingerprint density at radius 3 is 2.83 bits per heavy atom.